The van der Waals surface area contributed by atoms with Crippen molar-refractivity contribution in [2.75, 3.05) is 17.2 Å². The molecule has 0 aliphatic rings. The third-order valence-electron chi connectivity index (χ3n) is 2.81. The summed E-state index contributed by atoms with van der Waals surface area (Å²) < 4.78 is 1.65. The fourth-order valence-electron chi connectivity index (χ4n) is 1.86. The molecule has 0 unspecified atom stereocenters. The number of aryl methyl sites for hydroxylation is 2. The topological polar surface area (TPSA) is 59.0 Å². The van der Waals surface area contributed by atoms with Gasteiger partial charge in [0.2, 0.25) is 0 Å². The molecule has 100 valence electrons. The number of carbonyl (C=O) groups excluding carboxylic acids is 1. The van der Waals surface area contributed by atoms with E-state index in [2.05, 4.69) is 15.7 Å². The summed E-state index contributed by atoms with van der Waals surface area (Å²) in [6.07, 6.45) is 1.79. The highest BCUT2D eigenvalue weighted by atomic mass is 16.1. The van der Waals surface area contributed by atoms with Crippen LogP contribution in [0.5, 0.6) is 0 Å². The summed E-state index contributed by atoms with van der Waals surface area (Å²) in [5, 5.41) is 10.1. The van der Waals surface area contributed by atoms with Crippen LogP contribution in [0.3, 0.4) is 0 Å². The van der Waals surface area contributed by atoms with Crippen LogP contribution in [0.25, 0.3) is 0 Å². The van der Waals surface area contributed by atoms with Crippen LogP contribution < -0.4 is 10.6 Å². The van der Waals surface area contributed by atoms with E-state index < -0.39 is 0 Å². The highest BCUT2D eigenvalue weighted by molar-refractivity contribution is 6.04. The molecule has 5 nitrogen and oxygen atoms in total. The predicted molar refractivity (Wildman–Crippen MR) is 76.5 cm³/mol. The molecule has 2 rings (SSSR count). The van der Waals surface area contributed by atoms with Gasteiger partial charge in [-0.2, -0.15) is 5.10 Å². The number of rotatable bonds is 4. The molecule has 2 N–H and O–H groups in total. The van der Waals surface area contributed by atoms with Crippen LogP contribution in [-0.2, 0) is 7.05 Å². The summed E-state index contributed by atoms with van der Waals surface area (Å²) >= 11 is 0. The van der Waals surface area contributed by atoms with Crippen molar-refractivity contribution >= 4 is 17.4 Å². The van der Waals surface area contributed by atoms with Crippen LogP contribution >= 0.6 is 0 Å². The molecule has 0 aliphatic heterocycles. The van der Waals surface area contributed by atoms with Gasteiger partial charge in [0, 0.05) is 37.1 Å². The third-order valence-corrected chi connectivity index (χ3v) is 2.81. The number of amides is 1. The minimum absolute atomic E-state index is 0.148. The zero-order valence-electron chi connectivity index (χ0n) is 11.4. The molecule has 0 bridgehead atoms. The maximum Gasteiger partial charge on any atom is 0.256 e. The van der Waals surface area contributed by atoms with E-state index in [9.17, 15) is 4.79 Å². The van der Waals surface area contributed by atoms with Crippen molar-refractivity contribution in [2.45, 2.75) is 13.8 Å². The number of nitrogens with zero attached hydrogens (tertiary/aromatic N) is 2. The number of anilines is 2. The van der Waals surface area contributed by atoms with Crippen LogP contribution in [0, 0.1) is 6.92 Å². The van der Waals surface area contributed by atoms with Crippen molar-refractivity contribution in [3.8, 4) is 0 Å². The Kier molecular flexibility index (Phi) is 3.85. The highest BCUT2D eigenvalue weighted by Crippen LogP contribution is 2.17. The third kappa shape index (κ3) is 3.13. The second-order valence-electron chi connectivity index (χ2n) is 4.39. The van der Waals surface area contributed by atoms with Gasteiger partial charge in [-0.25, -0.2) is 0 Å². The van der Waals surface area contributed by atoms with Gasteiger partial charge in [0.1, 0.15) is 0 Å². The fraction of sp³-hybridized carbons (Fsp3) is 0.286. The monoisotopic (exact) mass is 258 g/mol. The molecule has 0 aliphatic carbocycles. The maximum absolute atomic E-state index is 12.1. The zero-order valence-corrected chi connectivity index (χ0v) is 11.4. The minimum Gasteiger partial charge on any atom is -0.385 e. The van der Waals surface area contributed by atoms with Crippen LogP contribution in [-0.4, -0.2) is 22.2 Å². The van der Waals surface area contributed by atoms with E-state index >= 15 is 0 Å². The molecule has 2 aromatic rings. The van der Waals surface area contributed by atoms with Crippen molar-refractivity contribution in [3.63, 3.8) is 0 Å². The van der Waals surface area contributed by atoms with Gasteiger partial charge in [-0.05, 0) is 37.6 Å². The second-order valence-corrected chi connectivity index (χ2v) is 4.39. The Balaban J connectivity index is 2.13. The van der Waals surface area contributed by atoms with Crippen molar-refractivity contribution in [2.24, 2.45) is 7.05 Å². The summed E-state index contributed by atoms with van der Waals surface area (Å²) in [7, 11) is 1.81. The summed E-state index contributed by atoms with van der Waals surface area (Å²) in [6, 6.07) is 7.36. The standard InChI is InChI=1S/C14H18N4O/c1-4-15-12-6-5-11(9-10(12)2)14(19)16-13-7-8-18(3)17-13/h5-9,15H,4H2,1-3H3,(H,16,17,19). The normalized spacial score (nSPS) is 10.3. The van der Waals surface area contributed by atoms with Crippen LogP contribution in [0.4, 0.5) is 11.5 Å². The highest BCUT2D eigenvalue weighted by Gasteiger charge is 2.09. The lowest BCUT2D eigenvalue weighted by Crippen LogP contribution is -2.13. The van der Waals surface area contributed by atoms with E-state index in [0.717, 1.165) is 17.8 Å². The SMILES string of the molecule is CCNc1ccc(C(=O)Nc2ccn(C)n2)cc1C. The average Bonchev–Trinajstić information content (AvgIpc) is 2.77. The van der Waals surface area contributed by atoms with Crippen LogP contribution in [0.1, 0.15) is 22.8 Å². The predicted octanol–water partition coefficient (Wildman–Crippen LogP) is 2.41. The smallest absolute Gasteiger partial charge is 0.256 e. The lowest BCUT2D eigenvalue weighted by molar-refractivity contribution is 0.102. The number of nitrogens with one attached hydrogen (secondary N) is 2. The summed E-state index contributed by atoms with van der Waals surface area (Å²) in [4.78, 5) is 12.1. The zero-order chi connectivity index (χ0) is 13.8. The van der Waals surface area contributed by atoms with Gasteiger partial charge in [0.05, 0.1) is 0 Å². The van der Waals surface area contributed by atoms with E-state index in [-0.39, 0.29) is 5.91 Å². The number of benzene rings is 1. The molecule has 19 heavy (non-hydrogen) atoms. The Hall–Kier alpha value is -2.30. The number of hydrogen-bond donors (Lipinski definition) is 2. The van der Waals surface area contributed by atoms with Crippen molar-refractivity contribution in [1.82, 2.24) is 9.78 Å². The Bertz CT molecular complexity index is 589. The first-order valence-electron chi connectivity index (χ1n) is 6.25. The van der Waals surface area contributed by atoms with E-state index in [0.29, 0.717) is 11.4 Å². The number of hydrogen-bond acceptors (Lipinski definition) is 3. The van der Waals surface area contributed by atoms with Crippen LogP contribution in [0.2, 0.25) is 0 Å². The van der Waals surface area contributed by atoms with Gasteiger partial charge in [-0.15, -0.1) is 0 Å². The molecule has 0 atom stereocenters. The van der Waals surface area contributed by atoms with E-state index in [1.165, 1.54) is 0 Å². The lowest BCUT2D eigenvalue weighted by Gasteiger charge is -2.09. The van der Waals surface area contributed by atoms with Gasteiger partial charge < -0.3 is 10.6 Å². The molecule has 5 heteroatoms. The Labute approximate surface area is 112 Å². The van der Waals surface area contributed by atoms with Gasteiger partial charge in [0.15, 0.2) is 5.82 Å². The first kappa shape index (κ1) is 13.1. The van der Waals surface area contributed by atoms with Crippen molar-refractivity contribution in [1.29, 1.82) is 0 Å². The van der Waals surface area contributed by atoms with Crippen LogP contribution in [0.15, 0.2) is 30.5 Å². The molecular weight excluding hydrogens is 240 g/mol. The van der Waals surface area contributed by atoms with Gasteiger partial charge >= 0.3 is 0 Å². The van der Waals surface area contributed by atoms with E-state index in [4.69, 9.17) is 0 Å². The summed E-state index contributed by atoms with van der Waals surface area (Å²) in [6.45, 7) is 4.89. The molecule has 0 saturated heterocycles. The lowest BCUT2D eigenvalue weighted by atomic mass is 10.1. The molecule has 0 radical (unpaired) electrons. The minimum atomic E-state index is -0.148. The summed E-state index contributed by atoms with van der Waals surface area (Å²) in [5.74, 6) is 0.408. The Morgan fingerprint density at radius 2 is 2.16 bits per heavy atom. The van der Waals surface area contributed by atoms with Gasteiger partial charge in [-0.3, -0.25) is 9.48 Å². The number of carbonyl (C=O) groups is 1. The molecule has 1 amide bonds. The van der Waals surface area contributed by atoms with E-state index in [1.807, 2.05) is 39.1 Å². The molecule has 1 aromatic carbocycles. The van der Waals surface area contributed by atoms with Crippen molar-refractivity contribution < 1.29 is 4.79 Å². The first-order chi connectivity index (χ1) is 9.10. The Morgan fingerprint density at radius 3 is 2.74 bits per heavy atom. The van der Waals surface area contributed by atoms with E-state index in [1.54, 1.807) is 16.9 Å². The maximum atomic E-state index is 12.1. The quantitative estimate of drug-likeness (QED) is 0.885. The van der Waals surface area contributed by atoms with Gasteiger partial charge in [0.25, 0.3) is 5.91 Å². The molecule has 0 spiro atoms. The molecule has 1 aromatic heterocycles. The Morgan fingerprint density at radius 1 is 1.37 bits per heavy atom. The largest absolute Gasteiger partial charge is 0.385 e. The van der Waals surface area contributed by atoms with Crippen molar-refractivity contribution in [3.05, 3.63) is 41.6 Å². The second kappa shape index (κ2) is 5.56. The molecule has 1 heterocycles. The fourth-order valence-corrected chi connectivity index (χ4v) is 1.86. The molecule has 0 saturated carbocycles. The van der Waals surface area contributed by atoms with Gasteiger partial charge in [-0.1, -0.05) is 0 Å². The first-order valence-corrected chi connectivity index (χ1v) is 6.25. The number of aromatic nitrogens is 2. The molecular formula is C14H18N4O. The molecule has 0 fully saturated rings. The summed E-state index contributed by atoms with van der Waals surface area (Å²) in [5.41, 5.74) is 2.73. The average molecular weight is 258 g/mol.